The van der Waals surface area contributed by atoms with Gasteiger partial charge in [-0.1, -0.05) is 44.5 Å². The summed E-state index contributed by atoms with van der Waals surface area (Å²) >= 11 is 6.81. The number of ether oxygens (including phenoxy) is 2. The van der Waals surface area contributed by atoms with Crippen LogP contribution in [-0.4, -0.2) is 42.6 Å². The molecule has 2 atom stereocenters. The Morgan fingerprint density at radius 3 is 2.51 bits per heavy atom. The first-order valence-electron chi connectivity index (χ1n) is 12.9. The van der Waals surface area contributed by atoms with Gasteiger partial charge in [-0.25, -0.2) is 0 Å². The number of amides is 1. The predicted octanol–water partition coefficient (Wildman–Crippen LogP) is 5.97. The minimum absolute atomic E-state index is 0.135. The normalized spacial score (nSPS) is 33.9. The summed E-state index contributed by atoms with van der Waals surface area (Å²) in [5.74, 6) is 0.0138. The first-order chi connectivity index (χ1) is 16.5. The van der Waals surface area contributed by atoms with E-state index in [1.54, 1.807) is 7.11 Å². The zero-order valence-electron chi connectivity index (χ0n) is 21.7. The standard InChI is InChI=1S/C29H38ClNO4/c1-26(2,3)10-8-19-6-7-20(13-23(19)30)29-11-9-22(34-4)12-21(29)15-31(24(32)14-29)28-16-27(17-28,18-28)25(33)35-5/h6-7,13,15,22H,8-12,14,16-18H2,1-5H3/t22?,27?,28?,29-/m0/s1. The Balaban J connectivity index is 1.45. The van der Waals surface area contributed by atoms with Crippen LogP contribution in [0.3, 0.4) is 0 Å². The monoisotopic (exact) mass is 499 g/mol. The molecule has 1 amide bonds. The van der Waals surface area contributed by atoms with E-state index in [0.29, 0.717) is 25.7 Å². The van der Waals surface area contributed by atoms with Crippen LogP contribution in [0, 0.1) is 10.8 Å². The highest BCUT2D eigenvalue weighted by atomic mass is 35.5. The molecule has 6 rings (SSSR count). The van der Waals surface area contributed by atoms with Gasteiger partial charge in [-0.3, -0.25) is 9.59 Å². The lowest BCUT2D eigenvalue weighted by Gasteiger charge is -2.72. The molecule has 2 bridgehead atoms. The van der Waals surface area contributed by atoms with Crippen LogP contribution < -0.4 is 0 Å². The van der Waals surface area contributed by atoms with E-state index < -0.39 is 0 Å². The second-order valence-corrected chi connectivity index (χ2v) is 13.1. The number of fused-ring (bicyclic) bond motifs is 1. The summed E-state index contributed by atoms with van der Waals surface area (Å²) in [5.41, 5.74) is 2.88. The quantitative estimate of drug-likeness (QED) is 0.452. The van der Waals surface area contributed by atoms with Crippen molar-refractivity contribution in [3.8, 4) is 0 Å². The van der Waals surface area contributed by atoms with Crippen LogP contribution >= 0.6 is 11.6 Å². The molecule has 0 aromatic heterocycles. The van der Waals surface area contributed by atoms with E-state index >= 15 is 0 Å². The average Bonchev–Trinajstić information content (AvgIpc) is 2.75. The molecule has 4 aliphatic carbocycles. The van der Waals surface area contributed by atoms with Crippen molar-refractivity contribution in [3.05, 3.63) is 46.1 Å². The van der Waals surface area contributed by atoms with Crippen molar-refractivity contribution in [1.82, 2.24) is 4.90 Å². The van der Waals surface area contributed by atoms with Crippen LogP contribution in [0.25, 0.3) is 0 Å². The third-order valence-corrected chi connectivity index (χ3v) is 9.53. The zero-order chi connectivity index (χ0) is 25.2. The maximum absolute atomic E-state index is 13.7. The van der Waals surface area contributed by atoms with Gasteiger partial charge in [0.1, 0.15) is 0 Å². The van der Waals surface area contributed by atoms with Gasteiger partial charge < -0.3 is 14.4 Å². The third kappa shape index (κ3) is 3.94. The summed E-state index contributed by atoms with van der Waals surface area (Å²) < 4.78 is 10.8. The van der Waals surface area contributed by atoms with Crippen molar-refractivity contribution in [3.63, 3.8) is 0 Å². The van der Waals surface area contributed by atoms with Gasteiger partial charge in [-0.05, 0) is 79.5 Å². The molecule has 1 aromatic rings. The topological polar surface area (TPSA) is 55.8 Å². The Hall–Kier alpha value is -1.85. The number of aryl methyl sites for hydroxylation is 1. The summed E-state index contributed by atoms with van der Waals surface area (Å²) in [7, 11) is 3.22. The smallest absolute Gasteiger partial charge is 0.312 e. The Labute approximate surface area is 214 Å². The van der Waals surface area contributed by atoms with Crippen LogP contribution in [0.15, 0.2) is 30.0 Å². The number of methoxy groups -OCH3 is 2. The summed E-state index contributed by atoms with van der Waals surface area (Å²) in [6, 6.07) is 6.47. The minimum Gasteiger partial charge on any atom is -0.469 e. The van der Waals surface area contributed by atoms with Gasteiger partial charge in [0.2, 0.25) is 5.91 Å². The van der Waals surface area contributed by atoms with Crippen molar-refractivity contribution in [2.24, 2.45) is 10.8 Å². The second kappa shape index (κ2) is 8.34. The van der Waals surface area contributed by atoms with E-state index in [9.17, 15) is 9.59 Å². The Morgan fingerprint density at radius 2 is 1.91 bits per heavy atom. The molecule has 0 saturated heterocycles. The molecule has 5 aliphatic rings. The van der Waals surface area contributed by atoms with Gasteiger partial charge in [0.25, 0.3) is 0 Å². The average molecular weight is 500 g/mol. The Bertz CT molecular complexity index is 1070. The molecule has 1 heterocycles. The molecule has 0 spiro atoms. The van der Waals surface area contributed by atoms with Crippen molar-refractivity contribution in [2.45, 2.75) is 95.6 Å². The lowest BCUT2D eigenvalue weighted by Crippen LogP contribution is -2.77. The van der Waals surface area contributed by atoms with E-state index in [4.69, 9.17) is 21.1 Å². The summed E-state index contributed by atoms with van der Waals surface area (Å²) in [6.45, 7) is 6.74. The van der Waals surface area contributed by atoms with E-state index in [-0.39, 0.29) is 39.8 Å². The number of hydrogen-bond acceptors (Lipinski definition) is 4. The zero-order valence-corrected chi connectivity index (χ0v) is 22.5. The number of esters is 1. The number of nitrogens with zero attached hydrogens (tertiary/aromatic N) is 1. The fraction of sp³-hybridized carbons (Fsp3) is 0.655. The molecule has 6 heteroatoms. The van der Waals surface area contributed by atoms with Crippen LogP contribution in [0.4, 0.5) is 0 Å². The lowest BCUT2D eigenvalue weighted by molar-refractivity contribution is -0.226. The van der Waals surface area contributed by atoms with Gasteiger partial charge >= 0.3 is 5.97 Å². The first kappa shape index (κ1) is 24.8. The number of halogens is 1. The molecule has 4 fully saturated rings. The van der Waals surface area contributed by atoms with Crippen LogP contribution in [0.5, 0.6) is 0 Å². The SMILES string of the molecule is COC(=O)C12CC(N3C=C4CC(OC)CC[C@@]4(c4ccc(CCC(C)(C)C)c(Cl)c4)CC3=O)(C1)C2. The first-order valence-corrected chi connectivity index (χ1v) is 13.3. The number of rotatable bonds is 6. The highest BCUT2D eigenvalue weighted by Gasteiger charge is 2.75. The predicted molar refractivity (Wildman–Crippen MR) is 136 cm³/mol. The molecule has 1 aromatic carbocycles. The molecule has 0 N–H and O–H groups in total. The fourth-order valence-corrected chi connectivity index (χ4v) is 7.35. The van der Waals surface area contributed by atoms with E-state index in [1.165, 1.54) is 18.2 Å². The number of carbonyl (C=O) groups excluding carboxylic acids is 2. The number of carbonyl (C=O) groups is 2. The van der Waals surface area contributed by atoms with Crippen LogP contribution in [0.1, 0.15) is 83.3 Å². The van der Waals surface area contributed by atoms with Crippen LogP contribution in [0.2, 0.25) is 5.02 Å². The summed E-state index contributed by atoms with van der Waals surface area (Å²) in [6.07, 6.45) is 9.43. The lowest BCUT2D eigenvalue weighted by atomic mass is 9.38. The largest absolute Gasteiger partial charge is 0.469 e. The minimum atomic E-state index is -0.375. The molecule has 190 valence electrons. The van der Waals surface area contributed by atoms with E-state index in [0.717, 1.165) is 42.7 Å². The van der Waals surface area contributed by atoms with E-state index in [1.807, 2.05) is 4.90 Å². The van der Waals surface area contributed by atoms with Crippen LogP contribution in [-0.2, 0) is 30.9 Å². The van der Waals surface area contributed by atoms with Gasteiger partial charge in [-0.2, -0.15) is 0 Å². The molecular formula is C29H38ClNO4. The van der Waals surface area contributed by atoms with Crippen molar-refractivity contribution in [2.75, 3.05) is 14.2 Å². The molecule has 4 saturated carbocycles. The van der Waals surface area contributed by atoms with Crippen molar-refractivity contribution >= 4 is 23.5 Å². The van der Waals surface area contributed by atoms with Crippen molar-refractivity contribution in [1.29, 1.82) is 0 Å². The second-order valence-electron chi connectivity index (χ2n) is 12.7. The van der Waals surface area contributed by atoms with Gasteiger partial charge in [-0.15, -0.1) is 0 Å². The van der Waals surface area contributed by atoms with Gasteiger partial charge in [0, 0.05) is 30.2 Å². The third-order valence-electron chi connectivity index (χ3n) is 9.18. The maximum atomic E-state index is 13.7. The molecule has 35 heavy (non-hydrogen) atoms. The number of benzene rings is 1. The van der Waals surface area contributed by atoms with Gasteiger partial charge in [0.15, 0.2) is 0 Å². The highest BCUT2D eigenvalue weighted by molar-refractivity contribution is 6.31. The van der Waals surface area contributed by atoms with E-state index in [2.05, 4.69) is 45.2 Å². The molecule has 1 aliphatic heterocycles. The summed E-state index contributed by atoms with van der Waals surface area (Å²) in [5, 5.41) is 0.795. The molecular weight excluding hydrogens is 462 g/mol. The molecule has 1 unspecified atom stereocenters. The Kier molecular flexibility index (Phi) is 5.92. The maximum Gasteiger partial charge on any atom is 0.312 e. The molecule has 5 nitrogen and oxygen atoms in total. The Morgan fingerprint density at radius 1 is 1.20 bits per heavy atom. The number of hydrogen-bond donors (Lipinski definition) is 0. The molecule has 0 radical (unpaired) electrons. The van der Waals surface area contributed by atoms with Gasteiger partial charge in [0.05, 0.1) is 24.2 Å². The fourth-order valence-electron chi connectivity index (χ4n) is 7.07. The highest BCUT2D eigenvalue weighted by Crippen LogP contribution is 2.71. The summed E-state index contributed by atoms with van der Waals surface area (Å²) in [4.78, 5) is 27.8. The van der Waals surface area contributed by atoms with Crippen molar-refractivity contribution < 1.29 is 19.1 Å².